The number of ether oxygens (including phenoxy) is 8. The lowest BCUT2D eigenvalue weighted by molar-refractivity contribution is -0.334. The summed E-state index contributed by atoms with van der Waals surface area (Å²) in [5.74, 6) is 0. The molecule has 3 aliphatic rings. The fraction of sp³-hybridized carbons (Fsp3) is 0.895. The molecule has 15 atom stereocenters. The molecule has 2 aliphatic heterocycles. The summed E-state index contributed by atoms with van der Waals surface area (Å²) in [6, 6.07) is -4.26. The standard InChI is InChI=1S/C38H68N4O19/c1-35(2,3)58-31(50)39-14-18-22(45)24(47)25(48)30(54-18)57-28-17(41-33(52)60-37(7,8)9)13-16(40-32(51)59-36(4,5)6)27(26(28)49)56-29-23(46)20(21(44)19(15-43)55-29)42-34(53)61-38(10,11)12/h16-30,43-49H,13-15H2,1-12H3,(H,39,50)(H,40,51)(H,41,52)(H,42,53)/t16-,17+,18-,19-,20+,21-,22-,23-,24+,25-,26-,27+,28-,29+,30-/m1/s1. The topological polar surface area (TPSA) is 332 Å². The van der Waals surface area contributed by atoms with Gasteiger partial charge in [0.25, 0.3) is 0 Å². The van der Waals surface area contributed by atoms with Crippen LogP contribution in [-0.2, 0) is 37.9 Å². The highest BCUT2D eigenvalue weighted by Crippen LogP contribution is 2.34. The van der Waals surface area contributed by atoms with Gasteiger partial charge in [0, 0.05) is 6.54 Å². The van der Waals surface area contributed by atoms with Crippen LogP contribution in [0.25, 0.3) is 0 Å². The van der Waals surface area contributed by atoms with E-state index in [1.54, 1.807) is 83.1 Å². The van der Waals surface area contributed by atoms with Crippen LogP contribution in [0.15, 0.2) is 0 Å². The van der Waals surface area contributed by atoms with Gasteiger partial charge in [-0.25, -0.2) is 19.2 Å². The molecule has 0 aromatic rings. The van der Waals surface area contributed by atoms with E-state index >= 15 is 0 Å². The number of aliphatic hydroxyl groups is 7. The summed E-state index contributed by atoms with van der Waals surface area (Å²) in [4.78, 5) is 51.6. The van der Waals surface area contributed by atoms with Gasteiger partial charge in [-0.2, -0.15) is 0 Å². The zero-order valence-electron chi connectivity index (χ0n) is 36.8. The monoisotopic (exact) mass is 884 g/mol. The first kappa shape index (κ1) is 52.0. The Hall–Kier alpha value is -3.36. The molecule has 354 valence electrons. The van der Waals surface area contributed by atoms with Crippen LogP contribution >= 0.6 is 0 Å². The third-order valence-corrected chi connectivity index (χ3v) is 9.04. The number of hydrogen-bond acceptors (Lipinski definition) is 19. The third-order valence-electron chi connectivity index (χ3n) is 9.04. The Morgan fingerprint density at radius 1 is 0.508 bits per heavy atom. The fourth-order valence-electron chi connectivity index (χ4n) is 6.57. The van der Waals surface area contributed by atoms with E-state index in [4.69, 9.17) is 37.9 Å². The van der Waals surface area contributed by atoms with Gasteiger partial charge >= 0.3 is 24.4 Å². The molecule has 2 heterocycles. The molecular weight excluding hydrogens is 816 g/mol. The van der Waals surface area contributed by atoms with Crippen molar-refractivity contribution in [2.75, 3.05) is 13.2 Å². The second-order valence-corrected chi connectivity index (χ2v) is 19.2. The van der Waals surface area contributed by atoms with Crippen LogP contribution in [-0.4, -0.2) is 187 Å². The molecule has 1 saturated carbocycles. The highest BCUT2D eigenvalue weighted by molar-refractivity contribution is 5.70. The number of rotatable bonds is 10. The Labute approximate surface area is 355 Å². The lowest BCUT2D eigenvalue weighted by Crippen LogP contribution is -2.70. The van der Waals surface area contributed by atoms with Crippen LogP contribution in [0.2, 0.25) is 0 Å². The number of hydrogen-bond donors (Lipinski definition) is 11. The molecule has 0 bridgehead atoms. The molecule has 61 heavy (non-hydrogen) atoms. The van der Waals surface area contributed by atoms with Gasteiger partial charge in [0.1, 0.15) is 83.4 Å². The molecule has 0 aromatic heterocycles. The first-order valence-corrected chi connectivity index (χ1v) is 20.1. The normalized spacial score (nSPS) is 35.0. The summed E-state index contributed by atoms with van der Waals surface area (Å²) >= 11 is 0. The minimum Gasteiger partial charge on any atom is -0.444 e. The van der Waals surface area contributed by atoms with Gasteiger partial charge in [-0.05, 0) is 89.5 Å². The van der Waals surface area contributed by atoms with Crippen LogP contribution in [0.4, 0.5) is 19.2 Å². The minimum absolute atomic E-state index is 0.364. The summed E-state index contributed by atoms with van der Waals surface area (Å²) in [6.45, 7) is 17.9. The smallest absolute Gasteiger partial charge is 0.408 e. The number of aliphatic hydroxyl groups excluding tert-OH is 7. The molecule has 0 radical (unpaired) electrons. The first-order chi connectivity index (χ1) is 27.8. The largest absolute Gasteiger partial charge is 0.444 e. The molecule has 3 fully saturated rings. The Bertz CT molecular complexity index is 1480. The number of alkyl carbamates (subject to hydrolysis) is 4. The predicted molar refractivity (Wildman–Crippen MR) is 209 cm³/mol. The average molecular weight is 885 g/mol. The summed E-state index contributed by atoms with van der Waals surface area (Å²) in [5.41, 5.74) is -3.90. The second kappa shape index (κ2) is 20.4. The number of amides is 4. The van der Waals surface area contributed by atoms with Crippen molar-refractivity contribution in [1.29, 1.82) is 0 Å². The van der Waals surface area contributed by atoms with E-state index in [0.29, 0.717) is 0 Å². The van der Waals surface area contributed by atoms with E-state index in [2.05, 4.69) is 21.3 Å². The van der Waals surface area contributed by atoms with Crippen molar-refractivity contribution in [2.24, 2.45) is 0 Å². The SMILES string of the molecule is CC(C)(C)OC(=O)NC[C@H]1O[C@H](O[C@H]2[C@H](O)[C@@H](O[C@@H]3O[C@H](CO)[C@@H](O)[C@H](NC(=O)OC(C)(C)C)[C@H]3O)[C@H](NC(=O)OC(C)(C)C)C[C@@H]2NC(=O)OC(C)(C)C)[C@H](O)[C@@H](O)[C@@H]1O. The quantitative estimate of drug-likeness (QED) is 0.117. The molecule has 1 aliphatic carbocycles. The van der Waals surface area contributed by atoms with E-state index in [0.717, 1.165) is 0 Å². The zero-order valence-corrected chi connectivity index (χ0v) is 36.8. The van der Waals surface area contributed by atoms with Gasteiger partial charge in [-0.15, -0.1) is 0 Å². The van der Waals surface area contributed by atoms with Crippen molar-refractivity contribution >= 4 is 24.4 Å². The molecule has 23 nitrogen and oxygen atoms in total. The van der Waals surface area contributed by atoms with Gasteiger partial charge in [0.15, 0.2) is 12.6 Å². The third kappa shape index (κ3) is 15.7. The number of nitrogens with one attached hydrogen (secondary N) is 4. The Morgan fingerprint density at radius 3 is 1.33 bits per heavy atom. The van der Waals surface area contributed by atoms with Crippen molar-refractivity contribution < 1.29 is 92.8 Å². The average Bonchev–Trinajstić information content (AvgIpc) is 3.07. The highest BCUT2D eigenvalue weighted by atomic mass is 16.7. The molecule has 23 heteroatoms. The molecule has 2 saturated heterocycles. The summed E-state index contributed by atoms with van der Waals surface area (Å²) < 4.78 is 45.2. The van der Waals surface area contributed by atoms with Crippen molar-refractivity contribution in [1.82, 2.24) is 21.3 Å². The lowest BCUT2D eigenvalue weighted by Gasteiger charge is -2.49. The van der Waals surface area contributed by atoms with Gasteiger partial charge in [-0.1, -0.05) is 0 Å². The number of carbonyl (C=O) groups is 4. The van der Waals surface area contributed by atoms with Crippen LogP contribution in [0.5, 0.6) is 0 Å². The maximum absolute atomic E-state index is 13.2. The number of carbonyl (C=O) groups excluding carboxylic acids is 4. The fourth-order valence-corrected chi connectivity index (χ4v) is 6.57. The van der Waals surface area contributed by atoms with Crippen molar-refractivity contribution in [3.63, 3.8) is 0 Å². The molecule has 0 spiro atoms. The molecule has 0 aromatic carbocycles. The van der Waals surface area contributed by atoms with Crippen molar-refractivity contribution in [2.45, 2.75) is 204 Å². The Kier molecular flexibility index (Phi) is 17.4. The van der Waals surface area contributed by atoms with Gasteiger partial charge in [0.2, 0.25) is 0 Å². The minimum atomic E-state index is -2.00. The van der Waals surface area contributed by atoms with Crippen LogP contribution in [0.3, 0.4) is 0 Å². The summed E-state index contributed by atoms with van der Waals surface area (Å²) in [6.07, 6.45) is -25.7. The zero-order chi connectivity index (χ0) is 46.6. The van der Waals surface area contributed by atoms with Gasteiger partial charge in [0.05, 0.1) is 24.7 Å². The second-order valence-electron chi connectivity index (χ2n) is 19.2. The van der Waals surface area contributed by atoms with E-state index < -0.39 is 152 Å². The maximum atomic E-state index is 13.2. The van der Waals surface area contributed by atoms with E-state index in [9.17, 15) is 54.9 Å². The van der Waals surface area contributed by atoms with Gasteiger partial charge < -0.3 is 94.9 Å². The molecule has 4 amide bonds. The Balaban J connectivity index is 2.05. The van der Waals surface area contributed by atoms with Crippen LogP contribution < -0.4 is 21.3 Å². The molecule has 11 N–H and O–H groups in total. The van der Waals surface area contributed by atoms with Crippen LogP contribution in [0, 0.1) is 0 Å². The van der Waals surface area contributed by atoms with Crippen molar-refractivity contribution in [3.05, 3.63) is 0 Å². The predicted octanol–water partition coefficient (Wildman–Crippen LogP) is -1.03. The highest BCUT2D eigenvalue weighted by Gasteiger charge is 2.54. The van der Waals surface area contributed by atoms with Gasteiger partial charge in [-0.3, -0.25) is 0 Å². The van der Waals surface area contributed by atoms with E-state index in [-0.39, 0.29) is 6.42 Å². The molecular formula is C38H68N4O19. The summed E-state index contributed by atoms with van der Waals surface area (Å²) in [5, 5.41) is 87.3. The van der Waals surface area contributed by atoms with E-state index in [1.165, 1.54) is 0 Å². The maximum Gasteiger partial charge on any atom is 0.408 e. The van der Waals surface area contributed by atoms with E-state index in [1.807, 2.05) is 0 Å². The summed E-state index contributed by atoms with van der Waals surface area (Å²) in [7, 11) is 0. The lowest BCUT2D eigenvalue weighted by atomic mass is 9.83. The molecule has 3 rings (SSSR count). The van der Waals surface area contributed by atoms with Crippen molar-refractivity contribution in [3.8, 4) is 0 Å². The Morgan fingerprint density at radius 2 is 0.902 bits per heavy atom. The van der Waals surface area contributed by atoms with Crippen LogP contribution in [0.1, 0.15) is 89.5 Å². The first-order valence-electron chi connectivity index (χ1n) is 20.1. The molecule has 0 unspecified atom stereocenters.